The van der Waals surface area contributed by atoms with Crippen molar-refractivity contribution in [1.29, 1.82) is 0 Å². The fraction of sp³-hybridized carbons (Fsp3) is 0.400. The van der Waals surface area contributed by atoms with Gasteiger partial charge < -0.3 is 14.0 Å². The minimum absolute atomic E-state index is 0.0728. The van der Waals surface area contributed by atoms with Crippen molar-refractivity contribution < 1.29 is 9.47 Å². The Hall–Kier alpha value is -1.84. The maximum absolute atomic E-state index is 5.89. The Kier molecular flexibility index (Phi) is 4.99. The van der Waals surface area contributed by atoms with E-state index in [1.165, 1.54) is 27.4 Å². The molecule has 1 heterocycles. The van der Waals surface area contributed by atoms with Crippen molar-refractivity contribution in [2.24, 2.45) is 0 Å². The van der Waals surface area contributed by atoms with Gasteiger partial charge in [0.1, 0.15) is 0 Å². The lowest BCUT2D eigenvalue weighted by Crippen LogP contribution is -2.07. The second kappa shape index (κ2) is 7.16. The van der Waals surface area contributed by atoms with Crippen molar-refractivity contribution in [1.82, 2.24) is 4.57 Å². The molecule has 0 aliphatic rings. The lowest BCUT2D eigenvalue weighted by molar-refractivity contribution is 0.0147. The molecule has 2 aromatic carbocycles. The van der Waals surface area contributed by atoms with E-state index < -0.39 is 0 Å². The number of hydrogen-bond acceptors (Lipinski definition) is 2. The summed E-state index contributed by atoms with van der Waals surface area (Å²) in [5.74, 6) is 0. The third-order valence-electron chi connectivity index (χ3n) is 4.38. The van der Waals surface area contributed by atoms with Crippen LogP contribution < -0.4 is 0 Å². The molecule has 0 saturated carbocycles. The number of aromatic nitrogens is 1. The van der Waals surface area contributed by atoms with E-state index in [-0.39, 0.29) is 6.10 Å². The van der Waals surface area contributed by atoms with Gasteiger partial charge in [0.2, 0.25) is 0 Å². The number of rotatable bonds is 7. The first-order valence-electron chi connectivity index (χ1n) is 8.46. The van der Waals surface area contributed by atoms with Gasteiger partial charge in [0.25, 0.3) is 0 Å². The van der Waals surface area contributed by atoms with Gasteiger partial charge in [-0.3, -0.25) is 0 Å². The van der Waals surface area contributed by atoms with Crippen LogP contribution in [0.25, 0.3) is 21.8 Å². The highest BCUT2D eigenvalue weighted by molar-refractivity contribution is 6.08. The Morgan fingerprint density at radius 3 is 2.52 bits per heavy atom. The second-order valence-corrected chi connectivity index (χ2v) is 5.75. The molecular formula is C20H25NO2. The molecule has 3 aromatic rings. The fourth-order valence-corrected chi connectivity index (χ4v) is 3.19. The molecule has 0 radical (unpaired) electrons. The molecule has 1 atom stereocenters. The zero-order valence-electron chi connectivity index (χ0n) is 14.2. The van der Waals surface area contributed by atoms with E-state index in [0.29, 0.717) is 13.2 Å². The van der Waals surface area contributed by atoms with Crippen LogP contribution in [0.4, 0.5) is 0 Å². The third kappa shape index (κ3) is 3.12. The van der Waals surface area contributed by atoms with E-state index in [1.54, 1.807) is 0 Å². The first-order chi connectivity index (χ1) is 11.3. The summed E-state index contributed by atoms with van der Waals surface area (Å²) in [7, 11) is 0. The number of ether oxygens (including phenoxy) is 2. The second-order valence-electron chi connectivity index (χ2n) is 5.75. The average molecular weight is 311 g/mol. The molecule has 0 N–H and O–H groups in total. The SMILES string of the molecule is CCOCCO[C@@H](C)c1ccc2c(c1)c1ccccc1n2CC. The molecule has 0 bridgehead atoms. The van der Waals surface area contributed by atoms with Crippen LogP contribution >= 0.6 is 0 Å². The third-order valence-corrected chi connectivity index (χ3v) is 4.38. The molecule has 0 saturated heterocycles. The lowest BCUT2D eigenvalue weighted by atomic mass is 10.1. The highest BCUT2D eigenvalue weighted by Crippen LogP contribution is 2.31. The van der Waals surface area contributed by atoms with Crippen LogP contribution in [0.5, 0.6) is 0 Å². The van der Waals surface area contributed by atoms with E-state index in [9.17, 15) is 0 Å². The predicted molar refractivity (Wildman–Crippen MR) is 96.0 cm³/mol. The van der Waals surface area contributed by atoms with E-state index >= 15 is 0 Å². The van der Waals surface area contributed by atoms with Crippen LogP contribution in [0.3, 0.4) is 0 Å². The zero-order chi connectivity index (χ0) is 16.2. The van der Waals surface area contributed by atoms with Crippen LogP contribution in [-0.4, -0.2) is 24.4 Å². The molecule has 0 unspecified atom stereocenters. The number of aryl methyl sites for hydroxylation is 1. The van der Waals surface area contributed by atoms with Crippen molar-refractivity contribution in [3.05, 3.63) is 48.0 Å². The number of nitrogens with zero attached hydrogens (tertiary/aromatic N) is 1. The monoisotopic (exact) mass is 311 g/mol. The lowest BCUT2D eigenvalue weighted by Gasteiger charge is -2.14. The van der Waals surface area contributed by atoms with Crippen molar-refractivity contribution in [3.8, 4) is 0 Å². The molecule has 0 amide bonds. The maximum atomic E-state index is 5.89. The van der Waals surface area contributed by atoms with Gasteiger partial charge in [-0.1, -0.05) is 24.3 Å². The Labute approximate surface area is 137 Å². The Morgan fingerprint density at radius 1 is 0.957 bits per heavy atom. The minimum atomic E-state index is 0.0728. The van der Waals surface area contributed by atoms with Crippen LogP contribution in [0, 0.1) is 0 Å². The summed E-state index contributed by atoms with van der Waals surface area (Å²) in [5.41, 5.74) is 3.80. The predicted octanol–water partition coefficient (Wildman–Crippen LogP) is 4.93. The van der Waals surface area contributed by atoms with Crippen LogP contribution in [-0.2, 0) is 16.0 Å². The molecule has 0 aliphatic carbocycles. The Bertz CT molecular complexity index is 791. The van der Waals surface area contributed by atoms with E-state index in [0.717, 1.165) is 13.2 Å². The molecule has 0 spiro atoms. The van der Waals surface area contributed by atoms with Gasteiger partial charge >= 0.3 is 0 Å². The van der Waals surface area contributed by atoms with Crippen molar-refractivity contribution in [2.75, 3.05) is 19.8 Å². The van der Waals surface area contributed by atoms with E-state index in [4.69, 9.17) is 9.47 Å². The number of fused-ring (bicyclic) bond motifs is 3. The summed E-state index contributed by atoms with van der Waals surface area (Å²) in [6.07, 6.45) is 0.0728. The summed E-state index contributed by atoms with van der Waals surface area (Å²) < 4.78 is 13.6. The molecule has 3 heteroatoms. The first-order valence-corrected chi connectivity index (χ1v) is 8.46. The summed E-state index contributed by atoms with van der Waals surface area (Å²) in [6, 6.07) is 15.3. The zero-order valence-corrected chi connectivity index (χ0v) is 14.2. The Balaban J connectivity index is 1.94. The van der Waals surface area contributed by atoms with Crippen LogP contribution in [0.15, 0.2) is 42.5 Å². The number of benzene rings is 2. The van der Waals surface area contributed by atoms with Gasteiger partial charge in [-0.15, -0.1) is 0 Å². The van der Waals surface area contributed by atoms with Gasteiger partial charge in [0, 0.05) is 35.0 Å². The van der Waals surface area contributed by atoms with Gasteiger partial charge in [-0.25, -0.2) is 0 Å². The number of para-hydroxylation sites is 1. The summed E-state index contributed by atoms with van der Waals surface area (Å²) >= 11 is 0. The number of hydrogen-bond donors (Lipinski definition) is 0. The maximum Gasteiger partial charge on any atom is 0.0798 e. The molecule has 1 aromatic heterocycles. The fourth-order valence-electron chi connectivity index (χ4n) is 3.19. The standard InChI is InChI=1S/C20H25NO2/c1-4-21-19-9-7-6-8-17(19)18-14-16(10-11-20(18)21)15(3)23-13-12-22-5-2/h6-11,14-15H,4-5,12-13H2,1-3H3/t15-/m0/s1. The molecule has 0 fully saturated rings. The largest absolute Gasteiger partial charge is 0.379 e. The van der Waals surface area contributed by atoms with Gasteiger partial charge in [0.05, 0.1) is 19.3 Å². The summed E-state index contributed by atoms with van der Waals surface area (Å²) in [6.45, 7) is 9.29. The average Bonchev–Trinajstić information content (AvgIpc) is 2.91. The van der Waals surface area contributed by atoms with Crippen LogP contribution in [0.2, 0.25) is 0 Å². The Morgan fingerprint density at radius 2 is 1.74 bits per heavy atom. The van der Waals surface area contributed by atoms with E-state index in [1.807, 2.05) is 6.92 Å². The minimum Gasteiger partial charge on any atom is -0.379 e. The topological polar surface area (TPSA) is 23.4 Å². The van der Waals surface area contributed by atoms with Crippen LogP contribution in [0.1, 0.15) is 32.4 Å². The normalized spacial score (nSPS) is 13.0. The van der Waals surface area contributed by atoms with Crippen molar-refractivity contribution in [2.45, 2.75) is 33.4 Å². The summed E-state index contributed by atoms with van der Waals surface area (Å²) in [4.78, 5) is 0. The van der Waals surface area contributed by atoms with Crippen molar-refractivity contribution in [3.63, 3.8) is 0 Å². The molecule has 122 valence electrons. The highest BCUT2D eigenvalue weighted by atomic mass is 16.5. The molecular weight excluding hydrogens is 286 g/mol. The van der Waals surface area contributed by atoms with E-state index in [2.05, 4.69) is 60.9 Å². The van der Waals surface area contributed by atoms with Gasteiger partial charge in [-0.2, -0.15) is 0 Å². The molecule has 3 rings (SSSR count). The molecule has 23 heavy (non-hydrogen) atoms. The summed E-state index contributed by atoms with van der Waals surface area (Å²) in [5, 5.41) is 2.62. The highest BCUT2D eigenvalue weighted by Gasteiger charge is 2.12. The molecule has 0 aliphatic heterocycles. The van der Waals surface area contributed by atoms with Gasteiger partial charge in [0.15, 0.2) is 0 Å². The quantitative estimate of drug-likeness (QED) is 0.578. The van der Waals surface area contributed by atoms with Gasteiger partial charge in [-0.05, 0) is 44.5 Å². The first kappa shape index (κ1) is 16.0. The van der Waals surface area contributed by atoms with Crippen molar-refractivity contribution >= 4 is 21.8 Å². The smallest absolute Gasteiger partial charge is 0.0798 e. The molecule has 3 nitrogen and oxygen atoms in total.